The van der Waals surface area contributed by atoms with E-state index in [-0.39, 0.29) is 27.7 Å². The van der Waals surface area contributed by atoms with Gasteiger partial charge in [0.15, 0.2) is 0 Å². The first-order valence-electron chi connectivity index (χ1n) is 16.8. The smallest absolute Gasteiger partial charge is 0.267 e. The molecule has 4 aromatic rings. The van der Waals surface area contributed by atoms with Crippen molar-refractivity contribution < 1.29 is 17.9 Å². The average Bonchev–Trinajstić information content (AvgIpc) is 3.52. The van der Waals surface area contributed by atoms with Crippen LogP contribution in [-0.4, -0.2) is 25.9 Å². The van der Waals surface area contributed by atoms with Gasteiger partial charge in [-0.15, -0.1) is 0 Å². The Kier molecular flexibility index (Phi) is 10.2. The fourth-order valence-electron chi connectivity index (χ4n) is 7.01. The predicted molar refractivity (Wildman–Crippen MR) is 181 cm³/mol. The summed E-state index contributed by atoms with van der Waals surface area (Å²) >= 11 is 0. The third-order valence-corrected chi connectivity index (χ3v) is 11.4. The highest BCUT2D eigenvalue weighted by molar-refractivity contribution is 7.91. The highest BCUT2D eigenvalue weighted by Gasteiger charge is 2.38. The van der Waals surface area contributed by atoms with E-state index in [0.29, 0.717) is 18.0 Å². The zero-order valence-corrected chi connectivity index (χ0v) is 27.3. The molecule has 3 N–H and O–H groups in total. The molecule has 1 spiro atoms. The van der Waals surface area contributed by atoms with Crippen LogP contribution in [-0.2, 0) is 34.9 Å². The van der Waals surface area contributed by atoms with Crippen LogP contribution in [0.15, 0.2) is 94.7 Å². The Hall–Kier alpha value is -3.88. The first-order valence-corrected chi connectivity index (χ1v) is 18.2. The highest BCUT2D eigenvalue weighted by Crippen LogP contribution is 2.40. The topological polar surface area (TPSA) is 100 Å². The summed E-state index contributed by atoms with van der Waals surface area (Å²) in [6.07, 6.45) is 12.6. The SMILES string of the molecule is O=C(NCc1ccc(S(=O)(=O)c2ccccc2OCc2ccccc2)cc1)c1cc2c([nH]1)C1(CCCCCCCCCC1)CNC2. The quantitative estimate of drug-likeness (QED) is 0.184. The average molecular weight is 640 g/mol. The van der Waals surface area contributed by atoms with Gasteiger partial charge in [-0.1, -0.05) is 106 Å². The van der Waals surface area contributed by atoms with E-state index < -0.39 is 9.84 Å². The Bertz CT molecular complexity index is 1700. The van der Waals surface area contributed by atoms with Crippen LogP contribution in [0, 0.1) is 0 Å². The van der Waals surface area contributed by atoms with Crippen molar-refractivity contribution in [1.82, 2.24) is 15.6 Å². The van der Waals surface area contributed by atoms with E-state index >= 15 is 0 Å². The van der Waals surface area contributed by atoms with E-state index in [4.69, 9.17) is 4.74 Å². The first-order chi connectivity index (χ1) is 22.4. The third kappa shape index (κ3) is 7.39. The standard InChI is InChI=1S/C38H45N3O4S/c42-37(33-24-31-26-39-28-38(36(31)41-33)22-12-5-3-1-2-4-6-13-23-38)40-25-29-18-20-32(21-19-29)46(43,44)35-17-11-10-16-34(35)45-27-30-14-8-7-9-15-30/h7-11,14-21,24,39,41H,1-6,12-13,22-23,25-28H2,(H,40,42). The van der Waals surface area contributed by atoms with Crippen LogP contribution in [0.25, 0.3) is 0 Å². The van der Waals surface area contributed by atoms with Crippen LogP contribution in [0.1, 0.15) is 97.1 Å². The van der Waals surface area contributed by atoms with Crippen LogP contribution in [0.5, 0.6) is 5.75 Å². The molecule has 0 unspecified atom stereocenters. The van der Waals surface area contributed by atoms with Gasteiger partial charge in [0.05, 0.1) is 4.90 Å². The minimum Gasteiger partial charge on any atom is -0.488 e. The molecule has 0 saturated heterocycles. The van der Waals surface area contributed by atoms with E-state index in [1.807, 2.05) is 36.4 Å². The number of benzene rings is 3. The Morgan fingerprint density at radius 2 is 1.43 bits per heavy atom. The van der Waals surface area contributed by atoms with E-state index in [1.165, 1.54) is 62.6 Å². The van der Waals surface area contributed by atoms with Gasteiger partial charge in [0, 0.05) is 30.7 Å². The van der Waals surface area contributed by atoms with Crippen molar-refractivity contribution >= 4 is 15.7 Å². The van der Waals surface area contributed by atoms with Gasteiger partial charge in [0.2, 0.25) is 9.84 Å². The summed E-state index contributed by atoms with van der Waals surface area (Å²) in [5, 5.41) is 6.69. The Balaban J connectivity index is 1.11. The normalized spacial score (nSPS) is 17.0. The van der Waals surface area contributed by atoms with Crippen molar-refractivity contribution in [2.75, 3.05) is 6.54 Å². The maximum Gasteiger partial charge on any atom is 0.267 e. The number of fused-ring (bicyclic) bond motifs is 2. The van der Waals surface area contributed by atoms with E-state index in [2.05, 4.69) is 15.6 Å². The third-order valence-electron chi connectivity index (χ3n) is 9.58. The van der Waals surface area contributed by atoms with Gasteiger partial charge >= 0.3 is 0 Å². The summed E-state index contributed by atoms with van der Waals surface area (Å²) < 4.78 is 33.1. The number of aromatic nitrogens is 1. The van der Waals surface area contributed by atoms with Crippen LogP contribution in [0.4, 0.5) is 0 Å². The van der Waals surface area contributed by atoms with Crippen molar-refractivity contribution in [3.63, 3.8) is 0 Å². The van der Waals surface area contributed by atoms with E-state index in [1.54, 1.807) is 48.5 Å². The number of para-hydroxylation sites is 1. The maximum absolute atomic E-state index is 13.6. The zero-order valence-electron chi connectivity index (χ0n) is 26.5. The van der Waals surface area contributed by atoms with Crippen LogP contribution >= 0.6 is 0 Å². The molecule has 242 valence electrons. The number of amides is 1. The van der Waals surface area contributed by atoms with Crippen LogP contribution in [0.2, 0.25) is 0 Å². The first kappa shape index (κ1) is 32.1. The lowest BCUT2D eigenvalue weighted by Crippen LogP contribution is -2.43. The molecule has 0 atom stereocenters. The Morgan fingerprint density at radius 1 is 0.783 bits per heavy atom. The lowest BCUT2D eigenvalue weighted by Gasteiger charge is -2.38. The minimum atomic E-state index is -3.82. The predicted octanol–water partition coefficient (Wildman–Crippen LogP) is 7.61. The van der Waals surface area contributed by atoms with Crippen molar-refractivity contribution in [3.05, 3.63) is 113 Å². The number of hydrogen-bond acceptors (Lipinski definition) is 5. The van der Waals surface area contributed by atoms with E-state index in [9.17, 15) is 13.2 Å². The molecule has 2 heterocycles. The summed E-state index contributed by atoms with van der Waals surface area (Å²) in [6, 6.07) is 25.1. The highest BCUT2D eigenvalue weighted by atomic mass is 32.2. The molecule has 0 radical (unpaired) electrons. The second-order valence-electron chi connectivity index (χ2n) is 12.8. The summed E-state index contributed by atoms with van der Waals surface area (Å²) in [5.41, 5.74) is 4.88. The number of carbonyl (C=O) groups excluding carboxylic acids is 1. The summed E-state index contributed by atoms with van der Waals surface area (Å²) in [7, 11) is -3.82. The molecule has 0 bridgehead atoms. The molecule has 2 aliphatic rings. The Labute approximate surface area is 273 Å². The molecule has 1 saturated carbocycles. The van der Waals surface area contributed by atoms with Gasteiger partial charge in [-0.2, -0.15) is 0 Å². The van der Waals surface area contributed by atoms with Crippen molar-refractivity contribution in [1.29, 1.82) is 0 Å². The molecule has 8 heteroatoms. The molecule has 1 aromatic heterocycles. The number of rotatable bonds is 8. The molecule has 1 amide bonds. The molecule has 3 aromatic carbocycles. The van der Waals surface area contributed by atoms with E-state index in [0.717, 1.165) is 37.1 Å². The lowest BCUT2D eigenvalue weighted by atomic mass is 9.72. The fraction of sp³-hybridized carbons (Fsp3) is 0.395. The molecule has 1 aliphatic carbocycles. The number of aromatic amines is 1. The second-order valence-corrected chi connectivity index (χ2v) is 14.8. The van der Waals surface area contributed by atoms with Gasteiger partial charge in [-0.25, -0.2) is 8.42 Å². The molecule has 6 rings (SSSR count). The largest absolute Gasteiger partial charge is 0.488 e. The van der Waals surface area contributed by atoms with Gasteiger partial charge in [-0.05, 0) is 59.9 Å². The lowest BCUT2D eigenvalue weighted by molar-refractivity contribution is 0.0946. The minimum absolute atomic E-state index is 0.0585. The van der Waals surface area contributed by atoms with Crippen molar-refractivity contribution in [3.8, 4) is 5.75 Å². The van der Waals surface area contributed by atoms with Gasteiger partial charge in [-0.3, -0.25) is 4.79 Å². The summed E-state index contributed by atoms with van der Waals surface area (Å²) in [4.78, 5) is 17.2. The van der Waals surface area contributed by atoms with Gasteiger partial charge < -0.3 is 20.4 Å². The van der Waals surface area contributed by atoms with Gasteiger partial charge in [0.25, 0.3) is 5.91 Å². The number of carbonyl (C=O) groups is 1. The Morgan fingerprint density at radius 3 is 2.15 bits per heavy atom. The monoisotopic (exact) mass is 639 g/mol. The molecular weight excluding hydrogens is 595 g/mol. The number of H-pyrrole nitrogens is 1. The van der Waals surface area contributed by atoms with Crippen LogP contribution in [0.3, 0.4) is 0 Å². The number of hydrogen-bond donors (Lipinski definition) is 3. The molecule has 7 nitrogen and oxygen atoms in total. The molecule has 46 heavy (non-hydrogen) atoms. The fourth-order valence-corrected chi connectivity index (χ4v) is 8.41. The van der Waals surface area contributed by atoms with Crippen molar-refractivity contribution in [2.45, 2.75) is 99.1 Å². The number of sulfone groups is 1. The summed E-state index contributed by atoms with van der Waals surface area (Å²) in [5.74, 6) is 0.164. The maximum atomic E-state index is 13.6. The van der Waals surface area contributed by atoms with Crippen LogP contribution < -0.4 is 15.4 Å². The van der Waals surface area contributed by atoms with Gasteiger partial charge in [0.1, 0.15) is 22.9 Å². The summed E-state index contributed by atoms with van der Waals surface area (Å²) in [6.45, 7) is 2.30. The van der Waals surface area contributed by atoms with Crippen molar-refractivity contribution in [2.24, 2.45) is 0 Å². The number of ether oxygens (including phenoxy) is 1. The second kappa shape index (κ2) is 14.7. The molecular formula is C38H45N3O4S. The molecule has 1 fully saturated rings. The number of nitrogens with one attached hydrogen (secondary N) is 3. The zero-order chi connectivity index (χ0) is 31.8. The molecule has 1 aliphatic heterocycles.